The maximum atomic E-state index is 4.60. The van der Waals surface area contributed by atoms with Gasteiger partial charge in [-0.15, -0.1) is 11.3 Å². The van der Waals surface area contributed by atoms with Gasteiger partial charge in [0.15, 0.2) is 0 Å². The third kappa shape index (κ3) is 2.20. The largest absolute Gasteiger partial charge is 0.259 e. The van der Waals surface area contributed by atoms with Crippen LogP contribution >= 0.6 is 11.3 Å². The van der Waals surface area contributed by atoms with Crippen molar-refractivity contribution < 1.29 is 0 Å². The number of pyridine rings is 1. The lowest BCUT2D eigenvalue weighted by molar-refractivity contribution is 0.806. The molecule has 1 aliphatic rings. The van der Waals surface area contributed by atoms with Crippen LogP contribution in [0.4, 0.5) is 5.82 Å². The van der Waals surface area contributed by atoms with Crippen LogP contribution in [0.2, 0.25) is 0 Å². The van der Waals surface area contributed by atoms with E-state index in [2.05, 4.69) is 44.7 Å². The number of nitrogens with zero attached hydrogens (tertiary/aromatic N) is 3. The van der Waals surface area contributed by atoms with E-state index in [1.54, 1.807) is 11.3 Å². The van der Waals surface area contributed by atoms with Gasteiger partial charge < -0.3 is 0 Å². The Balaban J connectivity index is 1.76. The number of nitrogens with one attached hydrogen (secondary N) is 1. The highest BCUT2D eigenvalue weighted by molar-refractivity contribution is 7.16. The summed E-state index contributed by atoms with van der Waals surface area (Å²) in [6.07, 6.45) is 2.19. The molecule has 104 valence electrons. The van der Waals surface area contributed by atoms with Crippen LogP contribution in [0.3, 0.4) is 0 Å². The predicted molar refractivity (Wildman–Crippen MR) is 87.1 cm³/mol. The Bertz CT molecular complexity index is 837. The molecular formula is C16H14N4S. The number of aromatic nitrogens is 2. The third-order valence-corrected chi connectivity index (χ3v) is 4.31. The monoisotopic (exact) mass is 294 g/mol. The van der Waals surface area contributed by atoms with E-state index in [-0.39, 0.29) is 0 Å². The minimum atomic E-state index is 0.811. The summed E-state index contributed by atoms with van der Waals surface area (Å²) in [5.74, 6) is 0.920. The van der Waals surface area contributed by atoms with E-state index in [4.69, 9.17) is 0 Å². The number of rotatable bonds is 2. The van der Waals surface area contributed by atoms with Crippen LogP contribution in [-0.2, 0) is 0 Å². The number of anilines is 1. The summed E-state index contributed by atoms with van der Waals surface area (Å²) in [5, 5.41) is 2.05. The standard InChI is InChI=1S/C16H14N4S/c1-11-3-2-4-16(19-11)20-14(7-8-18-20)12-5-6-13-15(9-12)21-10-17-13/h2-7,9-10,18H,8H2,1H3. The van der Waals surface area contributed by atoms with E-state index in [9.17, 15) is 0 Å². The Morgan fingerprint density at radius 3 is 3.10 bits per heavy atom. The highest BCUT2D eigenvalue weighted by Gasteiger charge is 2.19. The number of hydrogen-bond acceptors (Lipinski definition) is 5. The second kappa shape index (κ2) is 4.95. The van der Waals surface area contributed by atoms with Crippen molar-refractivity contribution in [3.63, 3.8) is 0 Å². The number of benzene rings is 1. The Labute approximate surface area is 126 Å². The number of hydrazine groups is 1. The Hall–Kier alpha value is -2.24. The van der Waals surface area contributed by atoms with Crippen LogP contribution in [0, 0.1) is 6.92 Å². The second-order valence-electron chi connectivity index (χ2n) is 4.96. The maximum Gasteiger partial charge on any atom is 0.147 e. The molecule has 0 saturated carbocycles. The molecule has 1 aromatic carbocycles. The quantitative estimate of drug-likeness (QED) is 0.787. The first-order valence-corrected chi connectivity index (χ1v) is 7.70. The summed E-state index contributed by atoms with van der Waals surface area (Å²) >= 11 is 1.67. The van der Waals surface area contributed by atoms with Crippen LogP contribution in [0.5, 0.6) is 0 Å². The van der Waals surface area contributed by atoms with Gasteiger partial charge in [0.05, 0.1) is 21.4 Å². The molecule has 0 spiro atoms. The first-order valence-electron chi connectivity index (χ1n) is 6.82. The molecule has 1 N–H and O–H groups in total. The molecule has 0 unspecified atom stereocenters. The Morgan fingerprint density at radius 1 is 1.24 bits per heavy atom. The van der Waals surface area contributed by atoms with Crippen LogP contribution in [0.25, 0.3) is 15.9 Å². The van der Waals surface area contributed by atoms with E-state index >= 15 is 0 Å². The molecule has 0 bridgehead atoms. The van der Waals surface area contributed by atoms with Gasteiger partial charge in [0.25, 0.3) is 0 Å². The van der Waals surface area contributed by atoms with E-state index in [1.165, 1.54) is 10.3 Å². The zero-order valence-corrected chi connectivity index (χ0v) is 12.4. The lowest BCUT2D eigenvalue weighted by Crippen LogP contribution is -2.31. The summed E-state index contributed by atoms with van der Waals surface area (Å²) in [6, 6.07) is 12.4. The number of aryl methyl sites for hydroxylation is 1. The summed E-state index contributed by atoms with van der Waals surface area (Å²) in [7, 11) is 0. The molecule has 21 heavy (non-hydrogen) atoms. The smallest absolute Gasteiger partial charge is 0.147 e. The molecule has 1 aliphatic heterocycles. The van der Waals surface area contributed by atoms with Crippen molar-refractivity contribution in [3.05, 3.63) is 59.2 Å². The zero-order chi connectivity index (χ0) is 14.2. The van der Waals surface area contributed by atoms with Crippen LogP contribution in [0.15, 0.2) is 48.0 Å². The second-order valence-corrected chi connectivity index (χ2v) is 5.85. The van der Waals surface area contributed by atoms with Gasteiger partial charge in [0.2, 0.25) is 0 Å². The summed E-state index contributed by atoms with van der Waals surface area (Å²) < 4.78 is 1.21. The first kappa shape index (κ1) is 12.5. The molecule has 2 aromatic heterocycles. The maximum absolute atomic E-state index is 4.60. The van der Waals surface area contributed by atoms with E-state index in [1.807, 2.05) is 30.6 Å². The zero-order valence-electron chi connectivity index (χ0n) is 11.6. The molecule has 0 fully saturated rings. The number of fused-ring (bicyclic) bond motifs is 1. The van der Waals surface area contributed by atoms with Gasteiger partial charge >= 0.3 is 0 Å². The molecule has 4 nitrogen and oxygen atoms in total. The predicted octanol–water partition coefficient (Wildman–Crippen LogP) is 3.37. The van der Waals surface area contributed by atoms with Crippen molar-refractivity contribution in [1.82, 2.24) is 15.4 Å². The van der Waals surface area contributed by atoms with Gasteiger partial charge in [-0.1, -0.05) is 12.1 Å². The fraction of sp³-hybridized carbons (Fsp3) is 0.125. The first-order chi connectivity index (χ1) is 10.3. The van der Waals surface area contributed by atoms with Crippen molar-refractivity contribution in [2.75, 3.05) is 11.6 Å². The van der Waals surface area contributed by atoms with Crippen molar-refractivity contribution >= 4 is 33.1 Å². The fourth-order valence-electron chi connectivity index (χ4n) is 2.53. The molecule has 0 atom stereocenters. The van der Waals surface area contributed by atoms with Gasteiger partial charge in [-0.25, -0.2) is 15.4 Å². The molecule has 0 amide bonds. The number of hydrogen-bond donors (Lipinski definition) is 1. The highest BCUT2D eigenvalue weighted by Crippen LogP contribution is 2.29. The van der Waals surface area contributed by atoms with Gasteiger partial charge in [0.1, 0.15) is 5.82 Å². The lowest BCUT2D eigenvalue weighted by atomic mass is 10.1. The average Bonchev–Trinajstić information content (AvgIpc) is 3.15. The highest BCUT2D eigenvalue weighted by atomic mass is 32.1. The summed E-state index contributed by atoms with van der Waals surface area (Å²) in [4.78, 5) is 8.93. The molecule has 5 heteroatoms. The van der Waals surface area contributed by atoms with Crippen LogP contribution in [-0.4, -0.2) is 16.5 Å². The minimum Gasteiger partial charge on any atom is -0.259 e. The summed E-state index contributed by atoms with van der Waals surface area (Å²) in [5.41, 5.74) is 9.63. The minimum absolute atomic E-state index is 0.811. The summed E-state index contributed by atoms with van der Waals surface area (Å²) in [6.45, 7) is 2.82. The van der Waals surface area contributed by atoms with Gasteiger partial charge in [-0.3, -0.25) is 5.01 Å². The van der Waals surface area contributed by atoms with Gasteiger partial charge in [-0.05, 0) is 37.3 Å². The molecular weight excluding hydrogens is 280 g/mol. The molecule has 0 radical (unpaired) electrons. The van der Waals surface area contributed by atoms with Crippen LogP contribution in [0.1, 0.15) is 11.3 Å². The Morgan fingerprint density at radius 2 is 2.19 bits per heavy atom. The van der Waals surface area contributed by atoms with E-state index < -0.39 is 0 Å². The SMILES string of the molecule is Cc1cccc(N2NCC=C2c2ccc3ncsc3c2)n1. The average molecular weight is 294 g/mol. The lowest BCUT2D eigenvalue weighted by Gasteiger charge is -2.21. The van der Waals surface area contributed by atoms with E-state index in [0.717, 1.165) is 29.3 Å². The molecule has 0 saturated heterocycles. The van der Waals surface area contributed by atoms with Crippen molar-refractivity contribution in [2.24, 2.45) is 0 Å². The molecule has 0 aliphatic carbocycles. The van der Waals surface area contributed by atoms with Crippen molar-refractivity contribution in [2.45, 2.75) is 6.92 Å². The topological polar surface area (TPSA) is 41.0 Å². The van der Waals surface area contributed by atoms with Gasteiger partial charge in [-0.2, -0.15) is 0 Å². The third-order valence-electron chi connectivity index (χ3n) is 3.52. The van der Waals surface area contributed by atoms with Crippen molar-refractivity contribution in [1.29, 1.82) is 0 Å². The molecule has 3 heterocycles. The van der Waals surface area contributed by atoms with Crippen molar-refractivity contribution in [3.8, 4) is 0 Å². The van der Waals surface area contributed by atoms with Crippen LogP contribution < -0.4 is 10.4 Å². The Kier molecular flexibility index (Phi) is 2.94. The molecule has 3 aromatic rings. The van der Waals surface area contributed by atoms with Gasteiger partial charge in [0, 0.05) is 17.8 Å². The van der Waals surface area contributed by atoms with E-state index in [0.29, 0.717) is 0 Å². The normalized spacial score (nSPS) is 14.7. The molecule has 4 rings (SSSR count). The fourth-order valence-corrected chi connectivity index (χ4v) is 3.25. The number of thiazole rings is 1.